The molecule has 4 heterocycles. The molecule has 5 aliphatic rings. The summed E-state index contributed by atoms with van der Waals surface area (Å²) < 4.78 is 0. The summed E-state index contributed by atoms with van der Waals surface area (Å²) >= 11 is 0. The summed E-state index contributed by atoms with van der Waals surface area (Å²) in [5.41, 5.74) is 0. The van der Waals surface area contributed by atoms with Crippen molar-refractivity contribution in [3.63, 3.8) is 0 Å². The minimum Gasteiger partial charge on any atom is -0.265 e. The lowest BCUT2D eigenvalue weighted by atomic mass is 9.16. The molecule has 6 rings (SSSR count). The normalized spacial score (nSPS) is 35.4. The molecule has 1 nitrogen and oxygen atoms in total. The molecule has 1 unspecified atom stereocenters. The van der Waals surface area contributed by atoms with Crippen molar-refractivity contribution in [3.8, 4) is 0 Å². The van der Waals surface area contributed by atoms with Crippen molar-refractivity contribution in [3.05, 3.63) is 30.6 Å². The second-order valence-corrected chi connectivity index (χ2v) is 8.12. The van der Waals surface area contributed by atoms with E-state index in [1.165, 1.54) is 30.9 Å². The smallest absolute Gasteiger partial charge is 0.147 e. The Balaban J connectivity index is 0.000000163. The summed E-state index contributed by atoms with van der Waals surface area (Å²) in [6.45, 7) is 1.18. The number of aromatic nitrogens is 1. The zero-order chi connectivity index (χ0) is 14.1. The Hall–Kier alpha value is -0.785. The SMILES string of the molecule is C1CCC2(CC1)B1C[C@@H]3CC2C[C@H](C1)C3.c1ccncc1. The highest BCUT2D eigenvalue weighted by Gasteiger charge is 2.57. The van der Waals surface area contributed by atoms with E-state index >= 15 is 0 Å². The second-order valence-electron chi connectivity index (χ2n) is 8.12. The van der Waals surface area contributed by atoms with Gasteiger partial charge in [-0.2, -0.15) is 0 Å². The number of nitrogens with zero attached hydrogens (tertiary/aromatic N) is 1. The van der Waals surface area contributed by atoms with Crippen molar-refractivity contribution in [2.45, 2.75) is 69.3 Å². The van der Waals surface area contributed by atoms with Gasteiger partial charge in [0, 0.05) is 12.4 Å². The summed E-state index contributed by atoms with van der Waals surface area (Å²) in [6, 6.07) is 5.72. The average molecular weight is 281 g/mol. The van der Waals surface area contributed by atoms with Crippen LogP contribution in [0.2, 0.25) is 18.0 Å². The van der Waals surface area contributed by atoms with Crippen molar-refractivity contribution in [2.75, 3.05) is 0 Å². The van der Waals surface area contributed by atoms with Gasteiger partial charge in [0.15, 0.2) is 0 Å². The lowest BCUT2D eigenvalue weighted by Gasteiger charge is -2.61. The average Bonchev–Trinajstić information content (AvgIpc) is 2.55. The van der Waals surface area contributed by atoms with Gasteiger partial charge in [0.05, 0.1) is 0 Å². The van der Waals surface area contributed by atoms with Crippen LogP contribution in [0.5, 0.6) is 0 Å². The topological polar surface area (TPSA) is 12.9 Å². The third kappa shape index (κ3) is 2.55. The first-order chi connectivity index (χ1) is 10.4. The van der Waals surface area contributed by atoms with Crippen LogP contribution in [0.4, 0.5) is 0 Å². The van der Waals surface area contributed by atoms with E-state index in [9.17, 15) is 0 Å². The van der Waals surface area contributed by atoms with Crippen LogP contribution < -0.4 is 0 Å². The third-order valence-corrected chi connectivity index (χ3v) is 7.12. The van der Waals surface area contributed by atoms with Gasteiger partial charge in [-0.1, -0.05) is 50.8 Å². The molecule has 0 radical (unpaired) electrons. The molecule has 0 N–H and O–H groups in total. The molecular formula is C19H28BN. The summed E-state index contributed by atoms with van der Waals surface area (Å²) in [7, 11) is 0. The van der Waals surface area contributed by atoms with Crippen LogP contribution in [-0.4, -0.2) is 11.7 Å². The molecule has 0 amide bonds. The van der Waals surface area contributed by atoms with Crippen molar-refractivity contribution in [1.29, 1.82) is 0 Å². The summed E-state index contributed by atoms with van der Waals surface area (Å²) in [5.74, 6) is 3.51. The highest BCUT2D eigenvalue weighted by molar-refractivity contribution is 6.63. The monoisotopic (exact) mass is 281 g/mol. The van der Waals surface area contributed by atoms with Crippen molar-refractivity contribution in [2.24, 2.45) is 17.8 Å². The standard InChI is InChI=1S/C14H23B.C5H5N/c1-2-4-14(5-3-1)13-7-11-6-12(8-13)10-15(14)9-11;1-2-4-6-5-3-1/h11-13H,1-10H2;1-5H/t11-,12+,13?;. The van der Waals surface area contributed by atoms with E-state index in [4.69, 9.17) is 0 Å². The Morgan fingerprint density at radius 1 is 0.810 bits per heavy atom. The Morgan fingerprint density at radius 3 is 1.95 bits per heavy atom. The van der Waals surface area contributed by atoms with E-state index in [2.05, 4.69) is 4.98 Å². The molecule has 5 fully saturated rings. The molecule has 112 valence electrons. The highest BCUT2D eigenvalue weighted by Crippen LogP contribution is 2.67. The van der Waals surface area contributed by atoms with Crippen LogP contribution in [0.1, 0.15) is 51.4 Å². The van der Waals surface area contributed by atoms with E-state index in [-0.39, 0.29) is 0 Å². The van der Waals surface area contributed by atoms with Crippen LogP contribution in [0.25, 0.3) is 0 Å². The van der Waals surface area contributed by atoms with Crippen LogP contribution in [0.3, 0.4) is 0 Å². The number of pyridine rings is 1. The fourth-order valence-electron chi connectivity index (χ4n) is 6.46. The van der Waals surface area contributed by atoms with E-state index in [1.807, 2.05) is 18.2 Å². The van der Waals surface area contributed by atoms with E-state index in [1.54, 1.807) is 70.0 Å². The molecule has 4 bridgehead atoms. The molecule has 1 aromatic rings. The molecular weight excluding hydrogens is 253 g/mol. The van der Waals surface area contributed by atoms with Crippen molar-refractivity contribution < 1.29 is 0 Å². The number of hydrogen-bond donors (Lipinski definition) is 0. The van der Waals surface area contributed by atoms with Gasteiger partial charge in [-0.25, -0.2) is 0 Å². The zero-order valence-electron chi connectivity index (χ0n) is 13.2. The minimum atomic E-state index is 0.881. The van der Waals surface area contributed by atoms with Crippen LogP contribution >= 0.6 is 0 Å². The van der Waals surface area contributed by atoms with Gasteiger partial charge in [0.2, 0.25) is 0 Å². The van der Waals surface area contributed by atoms with Gasteiger partial charge in [-0.15, -0.1) is 0 Å². The maximum Gasteiger partial charge on any atom is 0.147 e. The highest BCUT2D eigenvalue weighted by atomic mass is 14.6. The summed E-state index contributed by atoms with van der Waals surface area (Å²) in [4.78, 5) is 3.78. The molecule has 21 heavy (non-hydrogen) atoms. The lowest BCUT2D eigenvalue weighted by molar-refractivity contribution is 0.0968. The molecule has 2 aliphatic carbocycles. The Bertz CT molecular complexity index is 395. The predicted molar refractivity (Wildman–Crippen MR) is 89.7 cm³/mol. The number of hydrogen-bond acceptors (Lipinski definition) is 1. The maximum atomic E-state index is 3.78. The van der Waals surface area contributed by atoms with Gasteiger partial charge in [0.25, 0.3) is 0 Å². The maximum absolute atomic E-state index is 3.78. The second kappa shape index (κ2) is 5.78. The number of rotatable bonds is 0. The van der Waals surface area contributed by atoms with Crippen LogP contribution in [0.15, 0.2) is 30.6 Å². The van der Waals surface area contributed by atoms with Gasteiger partial charge in [-0.05, 0) is 54.5 Å². The minimum absolute atomic E-state index is 0.881. The molecule has 3 atom stereocenters. The zero-order valence-corrected chi connectivity index (χ0v) is 13.2. The quantitative estimate of drug-likeness (QED) is 0.586. The van der Waals surface area contributed by atoms with E-state index < -0.39 is 0 Å². The van der Waals surface area contributed by atoms with E-state index in [0.29, 0.717) is 0 Å². The van der Waals surface area contributed by atoms with Gasteiger partial charge in [0.1, 0.15) is 6.71 Å². The first-order valence-corrected chi connectivity index (χ1v) is 9.22. The summed E-state index contributed by atoms with van der Waals surface area (Å²) in [5, 5.41) is 0.881. The Labute approximate surface area is 130 Å². The van der Waals surface area contributed by atoms with Gasteiger partial charge in [-0.3, -0.25) is 4.98 Å². The molecule has 3 aliphatic heterocycles. The fraction of sp³-hybridized carbons (Fsp3) is 0.737. The van der Waals surface area contributed by atoms with Crippen molar-refractivity contribution >= 4 is 6.71 Å². The first kappa shape index (κ1) is 13.8. The van der Waals surface area contributed by atoms with Gasteiger partial charge >= 0.3 is 0 Å². The van der Waals surface area contributed by atoms with Crippen LogP contribution in [-0.2, 0) is 0 Å². The van der Waals surface area contributed by atoms with Crippen molar-refractivity contribution in [1.82, 2.24) is 4.98 Å². The fourth-order valence-corrected chi connectivity index (χ4v) is 6.46. The molecule has 1 spiro atoms. The molecule has 2 heteroatoms. The Morgan fingerprint density at radius 2 is 1.48 bits per heavy atom. The molecule has 3 saturated heterocycles. The molecule has 1 aromatic heterocycles. The Kier molecular flexibility index (Phi) is 3.81. The van der Waals surface area contributed by atoms with Crippen LogP contribution in [0, 0.1) is 17.8 Å². The lowest BCUT2D eigenvalue weighted by Crippen LogP contribution is -2.54. The van der Waals surface area contributed by atoms with Gasteiger partial charge < -0.3 is 0 Å². The molecule has 0 aromatic carbocycles. The first-order valence-electron chi connectivity index (χ1n) is 9.22. The van der Waals surface area contributed by atoms with E-state index in [0.717, 1.165) is 5.31 Å². The largest absolute Gasteiger partial charge is 0.265 e. The third-order valence-electron chi connectivity index (χ3n) is 7.12. The summed E-state index contributed by atoms with van der Waals surface area (Å²) in [6.07, 6.45) is 19.5. The molecule has 2 saturated carbocycles. The predicted octanol–water partition coefficient (Wildman–Crippen LogP) is 5.33.